The highest BCUT2D eigenvalue weighted by Gasteiger charge is 2.30. The molecule has 0 aliphatic rings. The molecule has 0 aliphatic heterocycles. The van der Waals surface area contributed by atoms with Gasteiger partial charge in [-0.3, -0.25) is 37.3 Å². The van der Waals surface area contributed by atoms with Gasteiger partial charge in [0, 0.05) is 25.7 Å². The Morgan fingerprint density at radius 1 is 0.295 bits per heavy atom. The van der Waals surface area contributed by atoms with Crippen molar-refractivity contribution in [2.45, 2.75) is 401 Å². The van der Waals surface area contributed by atoms with Gasteiger partial charge in [0.25, 0.3) is 0 Å². The smallest absolute Gasteiger partial charge is 0.462 e. The molecule has 0 aromatic carbocycles. The fourth-order valence-corrected chi connectivity index (χ4v) is 13.1. The van der Waals surface area contributed by atoms with Gasteiger partial charge in [0.1, 0.15) is 19.3 Å². The zero-order chi connectivity index (χ0) is 70.3. The number of aliphatic hydroxyl groups is 1. The molecule has 17 nitrogen and oxygen atoms in total. The molecule has 0 aromatic rings. The average molecular weight is 1400 g/mol. The molecule has 0 rings (SSSR count). The van der Waals surface area contributed by atoms with Crippen LogP contribution in [0.25, 0.3) is 0 Å². The van der Waals surface area contributed by atoms with Crippen LogP contribution in [0.2, 0.25) is 0 Å². The molecule has 0 saturated carbocycles. The number of hydrogen-bond acceptors (Lipinski definition) is 15. The molecule has 4 unspecified atom stereocenters. The molecule has 0 fully saturated rings. The first-order chi connectivity index (χ1) is 45.7. The van der Waals surface area contributed by atoms with E-state index >= 15 is 0 Å². The molecule has 0 saturated heterocycles. The second kappa shape index (κ2) is 65.4. The second-order valence-electron chi connectivity index (χ2n) is 28.8. The predicted molar refractivity (Wildman–Crippen MR) is 386 cm³/mol. The highest BCUT2D eigenvalue weighted by Crippen LogP contribution is 2.45. The summed E-state index contributed by atoms with van der Waals surface area (Å²) >= 11 is 0. The van der Waals surface area contributed by atoms with E-state index in [1.165, 1.54) is 173 Å². The van der Waals surface area contributed by atoms with Gasteiger partial charge < -0.3 is 33.8 Å². The quantitative estimate of drug-likeness (QED) is 0.0222. The Kier molecular flexibility index (Phi) is 64.0. The fourth-order valence-electron chi connectivity index (χ4n) is 11.5. The van der Waals surface area contributed by atoms with Gasteiger partial charge in [0.15, 0.2) is 12.2 Å². The summed E-state index contributed by atoms with van der Waals surface area (Å²) < 4.78 is 68.4. The van der Waals surface area contributed by atoms with Gasteiger partial charge in [-0.05, 0) is 49.4 Å². The van der Waals surface area contributed by atoms with Crippen molar-refractivity contribution >= 4 is 39.5 Å². The van der Waals surface area contributed by atoms with Crippen LogP contribution in [0.1, 0.15) is 383 Å². The largest absolute Gasteiger partial charge is 0.472 e. The maximum Gasteiger partial charge on any atom is 0.472 e. The number of hydrogen-bond donors (Lipinski definition) is 3. The minimum absolute atomic E-state index is 0.105. The van der Waals surface area contributed by atoms with Crippen molar-refractivity contribution in [1.29, 1.82) is 0 Å². The maximum atomic E-state index is 13.1. The van der Waals surface area contributed by atoms with Gasteiger partial charge in [0.2, 0.25) is 0 Å². The summed E-state index contributed by atoms with van der Waals surface area (Å²) in [6, 6.07) is 0. The van der Waals surface area contributed by atoms with Crippen LogP contribution in [0, 0.1) is 23.7 Å². The number of aliphatic hydroxyl groups excluding tert-OH is 1. The number of carbonyl (C=O) groups is 4. The molecule has 564 valence electrons. The number of unbranched alkanes of at least 4 members (excludes halogenated alkanes) is 37. The third kappa shape index (κ3) is 67.6. The number of esters is 4. The fraction of sp³-hybridized carbons (Fsp3) is 0.947. The second-order valence-corrected chi connectivity index (χ2v) is 31.7. The first-order valence-electron chi connectivity index (χ1n) is 39.3. The SMILES string of the molecule is CCC(C)CCCCCCCCCCCCCCCCCCCCC(=O)O[C@H](COC(=O)CCCCCCCCC(C)CC)COP(=O)(O)OC[C@H](O)COP(=O)(O)OC[C@@H](COC(=O)CCCCCCCCC(C)C)OC(=O)CCCCCCCCCCCCCC(C)C. The first-order valence-corrected chi connectivity index (χ1v) is 42.3. The van der Waals surface area contributed by atoms with Gasteiger partial charge in [0.05, 0.1) is 26.4 Å². The molecule has 0 aromatic heterocycles. The van der Waals surface area contributed by atoms with Crippen molar-refractivity contribution in [3.8, 4) is 0 Å². The summed E-state index contributed by atoms with van der Waals surface area (Å²) in [5, 5.41) is 10.6. The molecular formula is C76H148O17P2. The summed E-state index contributed by atoms with van der Waals surface area (Å²) in [6.45, 7) is 14.1. The van der Waals surface area contributed by atoms with E-state index in [0.717, 1.165) is 120 Å². The Morgan fingerprint density at radius 3 is 0.747 bits per heavy atom. The highest BCUT2D eigenvalue weighted by atomic mass is 31.2. The summed E-state index contributed by atoms with van der Waals surface area (Å²) in [5.74, 6) is 0.921. The van der Waals surface area contributed by atoms with Crippen molar-refractivity contribution in [2.24, 2.45) is 23.7 Å². The molecule has 0 spiro atoms. The lowest BCUT2D eigenvalue weighted by Crippen LogP contribution is -2.30. The standard InChI is InChI=1S/C76H148O17P2/c1-9-68(7)54-46-38-29-25-21-17-15-13-11-12-14-16-18-22-26-30-42-50-58-75(80)93-72(63-87-74(79)57-49-41-35-33-39-47-55-69(8)10-2)65-91-95(84,85)89-61-70(77)60-88-94(82,83)90-64-71(62-86-73(78)56-48-40-34-32-37-45-53-67(5)6)92-76(81)59-51-43-31-27-23-19-20-24-28-36-44-52-66(3)4/h66-72,77H,9-65H2,1-8H3,(H,82,83)(H,84,85)/t68?,69?,70-,71-,72-/m1/s1. The molecule has 0 amide bonds. The van der Waals surface area contributed by atoms with Crippen LogP contribution in [0.5, 0.6) is 0 Å². The third-order valence-electron chi connectivity index (χ3n) is 18.3. The third-order valence-corrected chi connectivity index (χ3v) is 20.2. The molecule has 3 N–H and O–H groups in total. The van der Waals surface area contributed by atoms with Crippen LogP contribution >= 0.6 is 15.6 Å². The Hall–Kier alpha value is -1.94. The number of phosphoric ester groups is 2. The van der Waals surface area contributed by atoms with Gasteiger partial charge >= 0.3 is 39.5 Å². The minimum Gasteiger partial charge on any atom is -0.462 e. The Balaban J connectivity index is 5.16. The Labute approximate surface area is 581 Å². The molecular weight excluding hydrogens is 1250 g/mol. The molecule has 0 radical (unpaired) electrons. The Bertz CT molecular complexity index is 1870. The van der Waals surface area contributed by atoms with E-state index in [1.807, 2.05) is 0 Å². The van der Waals surface area contributed by atoms with Crippen molar-refractivity contribution < 1.29 is 80.2 Å². The first kappa shape index (κ1) is 93.1. The summed E-state index contributed by atoms with van der Waals surface area (Å²) in [6.07, 6.45) is 50.2. The average Bonchev–Trinajstić information content (AvgIpc) is 1.68. The summed E-state index contributed by atoms with van der Waals surface area (Å²) in [7, 11) is -9.91. The van der Waals surface area contributed by atoms with Crippen LogP contribution in [0.15, 0.2) is 0 Å². The molecule has 95 heavy (non-hydrogen) atoms. The lowest BCUT2D eigenvalue weighted by Gasteiger charge is -2.21. The maximum absolute atomic E-state index is 13.1. The van der Waals surface area contributed by atoms with E-state index in [-0.39, 0.29) is 25.7 Å². The van der Waals surface area contributed by atoms with Crippen LogP contribution in [-0.2, 0) is 65.4 Å². The zero-order valence-corrected chi connectivity index (χ0v) is 64.1. The van der Waals surface area contributed by atoms with E-state index in [2.05, 4.69) is 55.4 Å². The molecule has 19 heteroatoms. The summed E-state index contributed by atoms with van der Waals surface area (Å²) in [4.78, 5) is 72.7. The predicted octanol–water partition coefficient (Wildman–Crippen LogP) is 22.0. The number of ether oxygens (including phenoxy) is 4. The zero-order valence-electron chi connectivity index (χ0n) is 62.3. The van der Waals surface area contributed by atoms with Gasteiger partial charge in [-0.1, -0.05) is 331 Å². The number of phosphoric acid groups is 2. The number of rotatable bonds is 73. The molecule has 0 aliphatic carbocycles. The normalized spacial score (nSPS) is 14.7. The monoisotopic (exact) mass is 1400 g/mol. The summed E-state index contributed by atoms with van der Waals surface area (Å²) in [5.41, 5.74) is 0. The molecule has 0 heterocycles. The Morgan fingerprint density at radius 2 is 0.505 bits per heavy atom. The van der Waals surface area contributed by atoms with E-state index in [1.54, 1.807) is 0 Å². The van der Waals surface area contributed by atoms with Crippen molar-refractivity contribution in [1.82, 2.24) is 0 Å². The van der Waals surface area contributed by atoms with Crippen LogP contribution < -0.4 is 0 Å². The van der Waals surface area contributed by atoms with Gasteiger partial charge in [-0.15, -0.1) is 0 Å². The van der Waals surface area contributed by atoms with Crippen LogP contribution in [0.3, 0.4) is 0 Å². The van der Waals surface area contributed by atoms with Crippen molar-refractivity contribution in [2.75, 3.05) is 39.6 Å². The van der Waals surface area contributed by atoms with E-state index in [4.69, 9.17) is 37.0 Å². The number of carbonyl (C=O) groups excluding carboxylic acids is 4. The lowest BCUT2D eigenvalue weighted by molar-refractivity contribution is -0.161. The van der Waals surface area contributed by atoms with Gasteiger partial charge in [-0.2, -0.15) is 0 Å². The van der Waals surface area contributed by atoms with Gasteiger partial charge in [-0.25, -0.2) is 9.13 Å². The van der Waals surface area contributed by atoms with E-state index in [9.17, 15) is 43.2 Å². The topological polar surface area (TPSA) is 237 Å². The van der Waals surface area contributed by atoms with E-state index in [0.29, 0.717) is 31.6 Å². The van der Waals surface area contributed by atoms with Crippen LogP contribution in [0.4, 0.5) is 0 Å². The molecule has 0 bridgehead atoms. The van der Waals surface area contributed by atoms with E-state index < -0.39 is 97.5 Å². The highest BCUT2D eigenvalue weighted by molar-refractivity contribution is 7.47. The van der Waals surface area contributed by atoms with Crippen molar-refractivity contribution in [3.63, 3.8) is 0 Å². The van der Waals surface area contributed by atoms with Crippen LogP contribution in [-0.4, -0.2) is 96.7 Å². The molecule has 7 atom stereocenters. The lowest BCUT2D eigenvalue weighted by atomic mass is 9.99. The van der Waals surface area contributed by atoms with Crippen molar-refractivity contribution in [3.05, 3.63) is 0 Å². The minimum atomic E-state index is -4.96.